The number of nitrogens with zero attached hydrogens (tertiary/aromatic N) is 1. The monoisotopic (exact) mass is 533 g/mol. The van der Waals surface area contributed by atoms with E-state index < -0.39 is 12.0 Å². The summed E-state index contributed by atoms with van der Waals surface area (Å²) in [5.74, 6) is 0.310. The predicted octanol–water partition coefficient (Wildman–Crippen LogP) is 5.82. The number of rotatable bonds is 10. The summed E-state index contributed by atoms with van der Waals surface area (Å²) in [4.78, 5) is 28.0. The van der Waals surface area contributed by atoms with E-state index in [1.54, 1.807) is 32.2 Å². The van der Waals surface area contributed by atoms with Crippen LogP contribution in [0, 0.1) is 0 Å². The Morgan fingerprint density at radius 1 is 1.03 bits per heavy atom. The molecule has 0 aromatic heterocycles. The topological polar surface area (TPSA) is 65.1 Å². The number of benzene rings is 3. The van der Waals surface area contributed by atoms with Crippen molar-refractivity contribution in [2.45, 2.75) is 19.4 Å². The minimum absolute atomic E-state index is 0.201. The number of carbonyl (C=O) groups is 2. The number of hydrogen-bond acceptors (Lipinski definition) is 7. The van der Waals surface area contributed by atoms with Gasteiger partial charge in [-0.25, -0.2) is 4.79 Å². The molecule has 1 saturated heterocycles. The van der Waals surface area contributed by atoms with Gasteiger partial charge in [-0.3, -0.25) is 9.69 Å². The number of carbonyl (C=O) groups excluding carboxylic acids is 2. The van der Waals surface area contributed by atoms with Gasteiger partial charge in [-0.1, -0.05) is 90.7 Å². The number of ether oxygens (including phenoxy) is 3. The van der Waals surface area contributed by atoms with E-state index in [1.165, 1.54) is 10.5 Å². The fraction of sp³-hybridized carbons (Fsp3) is 0.207. The molecule has 0 saturated carbocycles. The van der Waals surface area contributed by atoms with Gasteiger partial charge in [0.15, 0.2) is 17.5 Å². The molecule has 1 aliphatic rings. The van der Waals surface area contributed by atoms with Crippen molar-refractivity contribution in [3.05, 3.63) is 100 Å². The molecule has 1 amide bonds. The average molecular weight is 534 g/mol. The Bertz CT molecular complexity index is 1290. The van der Waals surface area contributed by atoms with Crippen LogP contribution in [-0.2, 0) is 20.7 Å². The molecule has 1 atom stereocenters. The zero-order valence-corrected chi connectivity index (χ0v) is 22.2. The van der Waals surface area contributed by atoms with E-state index in [4.69, 9.17) is 26.4 Å². The van der Waals surface area contributed by atoms with Gasteiger partial charge in [-0.2, -0.15) is 0 Å². The third kappa shape index (κ3) is 6.39. The molecule has 190 valence electrons. The van der Waals surface area contributed by atoms with Crippen LogP contribution in [0.1, 0.15) is 29.7 Å². The van der Waals surface area contributed by atoms with Gasteiger partial charge in [0, 0.05) is 6.42 Å². The molecule has 3 aromatic carbocycles. The van der Waals surface area contributed by atoms with Crippen LogP contribution < -0.4 is 9.47 Å². The van der Waals surface area contributed by atoms with Crippen LogP contribution >= 0.6 is 24.0 Å². The molecule has 0 N–H and O–H groups in total. The normalized spacial score (nSPS) is 15.1. The van der Waals surface area contributed by atoms with E-state index in [1.807, 2.05) is 54.6 Å². The average Bonchev–Trinajstić information content (AvgIpc) is 3.18. The van der Waals surface area contributed by atoms with Gasteiger partial charge < -0.3 is 14.2 Å². The molecule has 0 bridgehead atoms. The Hall–Kier alpha value is -3.62. The summed E-state index contributed by atoms with van der Waals surface area (Å²) in [6.07, 6.45) is 2.51. The number of amides is 1. The Morgan fingerprint density at radius 3 is 2.41 bits per heavy atom. The van der Waals surface area contributed by atoms with Crippen molar-refractivity contribution in [1.29, 1.82) is 0 Å². The minimum Gasteiger partial charge on any atom is -0.493 e. The SMILES string of the molecule is CCOC(=O)C(c1ccccc1)N1C(=O)/C(=C/c2ccc(OCCc3ccccc3)c(OC)c2)SC1=S. The second-order valence-electron chi connectivity index (χ2n) is 8.11. The van der Waals surface area contributed by atoms with Gasteiger partial charge in [0.1, 0.15) is 4.32 Å². The summed E-state index contributed by atoms with van der Waals surface area (Å²) < 4.78 is 17.0. The summed E-state index contributed by atoms with van der Waals surface area (Å²) >= 11 is 6.68. The third-order valence-corrected chi connectivity index (χ3v) is 7.01. The van der Waals surface area contributed by atoms with E-state index in [-0.39, 0.29) is 12.5 Å². The smallest absolute Gasteiger partial charge is 0.333 e. The van der Waals surface area contributed by atoms with Crippen molar-refractivity contribution in [3.8, 4) is 11.5 Å². The lowest BCUT2D eigenvalue weighted by Gasteiger charge is -2.25. The van der Waals surface area contributed by atoms with E-state index in [0.29, 0.717) is 32.9 Å². The molecule has 1 unspecified atom stereocenters. The second-order valence-corrected chi connectivity index (χ2v) is 9.79. The molecule has 1 fully saturated rings. The first-order valence-corrected chi connectivity index (χ1v) is 13.1. The Balaban J connectivity index is 1.53. The van der Waals surface area contributed by atoms with Crippen molar-refractivity contribution < 1.29 is 23.8 Å². The van der Waals surface area contributed by atoms with E-state index in [2.05, 4.69) is 12.1 Å². The number of methoxy groups -OCH3 is 1. The minimum atomic E-state index is -0.950. The lowest BCUT2D eigenvalue weighted by Crippen LogP contribution is -2.38. The van der Waals surface area contributed by atoms with Crippen LogP contribution in [0.5, 0.6) is 11.5 Å². The largest absolute Gasteiger partial charge is 0.493 e. The van der Waals surface area contributed by atoms with Crippen molar-refractivity contribution in [2.24, 2.45) is 0 Å². The number of thiocarbonyl (C=S) groups is 1. The number of esters is 1. The summed E-state index contributed by atoms with van der Waals surface area (Å²) in [6.45, 7) is 2.44. The fourth-order valence-electron chi connectivity index (χ4n) is 3.92. The molecule has 0 aliphatic carbocycles. The van der Waals surface area contributed by atoms with Gasteiger partial charge in [0.2, 0.25) is 0 Å². The van der Waals surface area contributed by atoms with E-state index >= 15 is 0 Å². The maximum Gasteiger partial charge on any atom is 0.333 e. The molecular formula is C29H27NO5S2. The first-order valence-electron chi connectivity index (χ1n) is 11.8. The highest BCUT2D eigenvalue weighted by molar-refractivity contribution is 8.26. The van der Waals surface area contributed by atoms with Crippen molar-refractivity contribution in [2.75, 3.05) is 20.3 Å². The lowest BCUT2D eigenvalue weighted by atomic mass is 10.1. The summed E-state index contributed by atoms with van der Waals surface area (Å²) in [7, 11) is 1.58. The quantitative estimate of drug-likeness (QED) is 0.185. The van der Waals surface area contributed by atoms with Gasteiger partial charge >= 0.3 is 5.97 Å². The second kappa shape index (κ2) is 12.6. The highest BCUT2D eigenvalue weighted by atomic mass is 32.2. The summed E-state index contributed by atoms with van der Waals surface area (Å²) in [6, 6.07) is 23.7. The molecule has 6 nitrogen and oxygen atoms in total. The lowest BCUT2D eigenvalue weighted by molar-refractivity contribution is -0.151. The predicted molar refractivity (Wildman–Crippen MR) is 149 cm³/mol. The van der Waals surface area contributed by atoms with Crippen LogP contribution in [0.4, 0.5) is 0 Å². The molecule has 3 aromatic rings. The third-order valence-electron chi connectivity index (χ3n) is 5.68. The van der Waals surface area contributed by atoms with Crippen LogP contribution in [0.2, 0.25) is 0 Å². The van der Waals surface area contributed by atoms with Crippen LogP contribution in [0.3, 0.4) is 0 Å². The maximum atomic E-state index is 13.4. The van der Waals surface area contributed by atoms with Crippen molar-refractivity contribution >= 4 is 46.3 Å². The maximum absolute atomic E-state index is 13.4. The number of hydrogen-bond donors (Lipinski definition) is 0. The molecule has 0 radical (unpaired) electrons. The molecular weight excluding hydrogens is 506 g/mol. The Morgan fingerprint density at radius 2 is 1.73 bits per heavy atom. The van der Waals surface area contributed by atoms with Gasteiger partial charge in [-0.15, -0.1) is 0 Å². The molecule has 8 heteroatoms. The molecule has 4 rings (SSSR count). The van der Waals surface area contributed by atoms with Gasteiger partial charge in [0.25, 0.3) is 5.91 Å². The Labute approximate surface area is 226 Å². The van der Waals surface area contributed by atoms with E-state index in [0.717, 1.165) is 23.7 Å². The molecule has 1 heterocycles. The van der Waals surface area contributed by atoms with Crippen LogP contribution in [0.25, 0.3) is 6.08 Å². The van der Waals surface area contributed by atoms with Gasteiger partial charge in [0.05, 0.1) is 25.2 Å². The molecule has 0 spiro atoms. The van der Waals surface area contributed by atoms with Crippen molar-refractivity contribution in [3.63, 3.8) is 0 Å². The molecule has 37 heavy (non-hydrogen) atoms. The summed E-state index contributed by atoms with van der Waals surface area (Å²) in [5.41, 5.74) is 2.58. The van der Waals surface area contributed by atoms with Crippen molar-refractivity contribution in [1.82, 2.24) is 4.90 Å². The summed E-state index contributed by atoms with van der Waals surface area (Å²) in [5, 5.41) is 0. The fourth-order valence-corrected chi connectivity index (χ4v) is 5.23. The number of thioether (sulfide) groups is 1. The highest BCUT2D eigenvalue weighted by Crippen LogP contribution is 2.39. The van der Waals surface area contributed by atoms with Gasteiger partial charge in [-0.05, 0) is 41.8 Å². The first kappa shape index (κ1) is 26.4. The Kier molecular flexibility index (Phi) is 8.98. The highest BCUT2D eigenvalue weighted by Gasteiger charge is 2.42. The first-order chi connectivity index (χ1) is 18.0. The van der Waals surface area contributed by atoms with E-state index in [9.17, 15) is 9.59 Å². The standard InChI is InChI=1S/C29H27NO5S2/c1-3-34-28(32)26(22-12-8-5-9-13-22)30-27(31)25(37-29(30)36)19-21-14-15-23(24(18-21)33-2)35-17-16-20-10-6-4-7-11-20/h4-15,18-19,26H,3,16-17H2,1-2H3/b25-19-. The van der Waals surface area contributed by atoms with Crippen LogP contribution in [0.15, 0.2) is 83.8 Å². The zero-order valence-electron chi connectivity index (χ0n) is 20.6. The molecule has 1 aliphatic heterocycles. The van der Waals surface area contributed by atoms with Crippen LogP contribution in [-0.4, -0.2) is 41.4 Å². The zero-order chi connectivity index (χ0) is 26.2.